The second-order valence-electron chi connectivity index (χ2n) is 5.61. The Kier molecular flexibility index (Phi) is 7.03. The summed E-state index contributed by atoms with van der Waals surface area (Å²) in [5.74, 6) is 1.21. The van der Waals surface area contributed by atoms with E-state index in [4.69, 9.17) is 15.2 Å². The second-order valence-corrected chi connectivity index (χ2v) is 5.61. The molecule has 1 aromatic rings. The molecule has 0 radical (unpaired) electrons. The molecule has 1 aromatic carbocycles. The van der Waals surface area contributed by atoms with Crippen molar-refractivity contribution in [2.45, 2.75) is 44.6 Å². The topological polar surface area (TPSA) is 68.9 Å². The maximum Gasteiger partial charge on any atom is 0.193 e. The van der Waals surface area contributed by atoms with Gasteiger partial charge in [0.15, 0.2) is 5.96 Å². The Morgan fingerprint density at radius 2 is 2.14 bits per heavy atom. The van der Waals surface area contributed by atoms with Gasteiger partial charge in [0, 0.05) is 24.9 Å². The predicted molar refractivity (Wildman–Crippen MR) is 90.5 cm³/mol. The molecule has 0 spiro atoms. The third-order valence-corrected chi connectivity index (χ3v) is 3.83. The van der Waals surface area contributed by atoms with Gasteiger partial charge in [-0.15, -0.1) is 0 Å². The molecule has 5 heteroatoms. The molecule has 1 aliphatic carbocycles. The van der Waals surface area contributed by atoms with Gasteiger partial charge in [-0.3, -0.25) is 4.99 Å². The number of benzene rings is 1. The van der Waals surface area contributed by atoms with E-state index >= 15 is 0 Å². The van der Waals surface area contributed by atoms with E-state index in [1.807, 2.05) is 24.3 Å². The van der Waals surface area contributed by atoms with Crippen molar-refractivity contribution >= 4 is 11.6 Å². The van der Waals surface area contributed by atoms with Gasteiger partial charge in [0.05, 0.1) is 13.2 Å². The molecule has 0 unspecified atom stereocenters. The normalized spacial score (nSPS) is 16.5. The minimum absolute atomic E-state index is 0.422. The van der Waals surface area contributed by atoms with Crippen LogP contribution in [0.25, 0.3) is 0 Å². The highest BCUT2D eigenvalue weighted by molar-refractivity contribution is 5.92. The summed E-state index contributed by atoms with van der Waals surface area (Å²) in [6.07, 6.45) is 7.75. The number of hydrogen-bond donors (Lipinski definition) is 2. The summed E-state index contributed by atoms with van der Waals surface area (Å²) in [4.78, 5) is 4.32. The van der Waals surface area contributed by atoms with Crippen molar-refractivity contribution in [1.29, 1.82) is 0 Å². The Morgan fingerprint density at radius 1 is 1.32 bits per heavy atom. The fraction of sp³-hybridized carbons (Fsp3) is 0.588. The lowest BCUT2D eigenvalue weighted by Crippen LogP contribution is -2.23. The number of methoxy groups -OCH3 is 1. The van der Waals surface area contributed by atoms with Crippen molar-refractivity contribution in [2.75, 3.05) is 25.6 Å². The molecule has 22 heavy (non-hydrogen) atoms. The summed E-state index contributed by atoms with van der Waals surface area (Å²) in [7, 11) is 1.64. The number of nitrogens with two attached hydrogens (primary N) is 1. The average Bonchev–Trinajstić information content (AvgIpc) is 2.55. The van der Waals surface area contributed by atoms with E-state index in [2.05, 4.69) is 10.3 Å². The van der Waals surface area contributed by atoms with Crippen LogP contribution in [0.5, 0.6) is 5.75 Å². The molecule has 0 aliphatic heterocycles. The number of rotatable bonds is 7. The summed E-state index contributed by atoms with van der Waals surface area (Å²) >= 11 is 0. The molecule has 2 rings (SSSR count). The molecule has 0 aromatic heterocycles. The number of guanidine groups is 1. The molecule has 1 aliphatic rings. The van der Waals surface area contributed by atoms with Crippen molar-refractivity contribution < 1.29 is 9.47 Å². The third kappa shape index (κ3) is 5.93. The Morgan fingerprint density at radius 3 is 2.91 bits per heavy atom. The van der Waals surface area contributed by atoms with Crippen molar-refractivity contribution in [3.05, 3.63) is 24.3 Å². The Hall–Kier alpha value is -1.75. The van der Waals surface area contributed by atoms with Crippen LogP contribution in [0.1, 0.15) is 38.5 Å². The van der Waals surface area contributed by atoms with Crippen LogP contribution in [-0.2, 0) is 4.74 Å². The number of ether oxygens (including phenoxy) is 2. The van der Waals surface area contributed by atoms with Gasteiger partial charge in [-0.25, -0.2) is 0 Å². The molecule has 0 saturated heterocycles. The van der Waals surface area contributed by atoms with E-state index in [0.717, 1.165) is 24.5 Å². The summed E-state index contributed by atoms with van der Waals surface area (Å²) < 4.78 is 11.0. The van der Waals surface area contributed by atoms with Crippen molar-refractivity contribution in [3.8, 4) is 5.75 Å². The smallest absolute Gasteiger partial charge is 0.193 e. The highest BCUT2D eigenvalue weighted by Gasteiger charge is 2.12. The molecule has 1 saturated carbocycles. The zero-order valence-electron chi connectivity index (χ0n) is 13.4. The fourth-order valence-corrected chi connectivity index (χ4v) is 2.63. The number of nitrogens with zero attached hydrogens (tertiary/aromatic N) is 1. The molecule has 0 heterocycles. The van der Waals surface area contributed by atoms with Crippen LogP contribution >= 0.6 is 0 Å². The number of nitrogens with one attached hydrogen (secondary N) is 1. The van der Waals surface area contributed by atoms with Crippen LogP contribution in [0.3, 0.4) is 0 Å². The van der Waals surface area contributed by atoms with Crippen LogP contribution in [0, 0.1) is 0 Å². The minimum atomic E-state index is 0.422. The highest BCUT2D eigenvalue weighted by Crippen LogP contribution is 2.20. The van der Waals surface area contributed by atoms with Crippen LogP contribution in [-0.4, -0.2) is 32.3 Å². The predicted octanol–water partition coefficient (Wildman–Crippen LogP) is 3.16. The molecule has 5 nitrogen and oxygen atoms in total. The van der Waals surface area contributed by atoms with Gasteiger partial charge < -0.3 is 20.5 Å². The Bertz CT molecular complexity index is 471. The van der Waals surface area contributed by atoms with Crippen molar-refractivity contribution in [2.24, 2.45) is 10.7 Å². The summed E-state index contributed by atoms with van der Waals surface area (Å²) in [6.45, 7) is 1.44. The lowest BCUT2D eigenvalue weighted by Gasteiger charge is -2.21. The van der Waals surface area contributed by atoms with E-state index in [0.29, 0.717) is 18.6 Å². The monoisotopic (exact) mass is 305 g/mol. The van der Waals surface area contributed by atoms with Crippen LogP contribution < -0.4 is 15.8 Å². The Labute approximate surface area is 132 Å². The molecule has 0 atom stereocenters. The maximum atomic E-state index is 5.88. The first-order valence-electron chi connectivity index (χ1n) is 8.10. The van der Waals surface area contributed by atoms with Crippen LogP contribution in [0.2, 0.25) is 0 Å². The molecular formula is C17H27N3O2. The first-order chi connectivity index (χ1) is 10.8. The van der Waals surface area contributed by atoms with Crippen molar-refractivity contribution in [1.82, 2.24) is 0 Å². The zero-order chi connectivity index (χ0) is 15.6. The zero-order valence-corrected chi connectivity index (χ0v) is 13.4. The average molecular weight is 305 g/mol. The van der Waals surface area contributed by atoms with Gasteiger partial charge in [0.1, 0.15) is 5.75 Å². The maximum absolute atomic E-state index is 5.88. The van der Waals surface area contributed by atoms with E-state index in [-0.39, 0.29) is 0 Å². The number of anilines is 1. The summed E-state index contributed by atoms with van der Waals surface area (Å²) in [5, 5.41) is 3.06. The van der Waals surface area contributed by atoms with E-state index in [1.54, 1.807) is 7.11 Å². The number of hydrogen-bond acceptors (Lipinski definition) is 3. The Balaban J connectivity index is 1.64. The van der Waals surface area contributed by atoms with Gasteiger partial charge in [-0.05, 0) is 31.4 Å². The van der Waals surface area contributed by atoms with Gasteiger partial charge in [-0.1, -0.05) is 25.3 Å². The standard InChI is InChI=1S/C17H27N3O2/c1-21-16-10-5-7-14(13-16)20-17(18)19-11-6-12-22-15-8-3-2-4-9-15/h5,7,10,13,15H,2-4,6,8-9,11-12H2,1H3,(H3,18,19,20). The van der Waals surface area contributed by atoms with E-state index in [1.165, 1.54) is 32.1 Å². The summed E-state index contributed by atoms with van der Waals surface area (Å²) in [5.41, 5.74) is 6.75. The molecule has 122 valence electrons. The lowest BCUT2D eigenvalue weighted by molar-refractivity contribution is 0.0281. The first-order valence-corrected chi connectivity index (χ1v) is 8.10. The van der Waals surface area contributed by atoms with Gasteiger partial charge in [-0.2, -0.15) is 0 Å². The third-order valence-electron chi connectivity index (χ3n) is 3.83. The summed E-state index contributed by atoms with van der Waals surface area (Å²) in [6, 6.07) is 7.61. The molecule has 1 fully saturated rings. The van der Waals surface area contributed by atoms with E-state index < -0.39 is 0 Å². The SMILES string of the molecule is COc1cccc(NC(N)=NCCCOC2CCCCC2)c1. The number of aliphatic imine (C=N–C) groups is 1. The van der Waals surface area contributed by atoms with Gasteiger partial charge >= 0.3 is 0 Å². The van der Waals surface area contributed by atoms with E-state index in [9.17, 15) is 0 Å². The van der Waals surface area contributed by atoms with Crippen LogP contribution in [0.4, 0.5) is 5.69 Å². The fourth-order valence-electron chi connectivity index (χ4n) is 2.63. The second kappa shape index (κ2) is 9.30. The highest BCUT2D eigenvalue weighted by atomic mass is 16.5. The van der Waals surface area contributed by atoms with Crippen molar-refractivity contribution in [3.63, 3.8) is 0 Å². The molecule has 0 amide bonds. The molecule has 0 bridgehead atoms. The van der Waals surface area contributed by atoms with Crippen LogP contribution in [0.15, 0.2) is 29.3 Å². The lowest BCUT2D eigenvalue weighted by atomic mass is 9.98. The largest absolute Gasteiger partial charge is 0.497 e. The quantitative estimate of drug-likeness (QED) is 0.461. The van der Waals surface area contributed by atoms with Gasteiger partial charge in [0.2, 0.25) is 0 Å². The molecular weight excluding hydrogens is 278 g/mol. The first kappa shape index (κ1) is 16.6. The van der Waals surface area contributed by atoms with Gasteiger partial charge in [0.25, 0.3) is 0 Å². The minimum Gasteiger partial charge on any atom is -0.497 e. The molecule has 3 N–H and O–H groups in total.